The quantitative estimate of drug-likeness (QED) is 0.931. The number of benzene rings is 1. The Hall–Kier alpha value is -1.81. The largest absolute Gasteiger partial charge is 0.481 e. The monoisotopic (exact) mass is 273 g/mol. The molecule has 4 nitrogen and oxygen atoms in total. The number of fused-ring (bicyclic) bond motifs is 1. The van der Waals surface area contributed by atoms with E-state index in [1.807, 2.05) is 18.2 Å². The van der Waals surface area contributed by atoms with Crippen LogP contribution >= 0.6 is 0 Å². The Morgan fingerprint density at radius 2 is 2.10 bits per heavy atom. The van der Waals surface area contributed by atoms with Crippen molar-refractivity contribution in [2.75, 3.05) is 13.2 Å². The molecule has 3 rings (SSSR count). The fraction of sp³-hybridized carbons (Fsp3) is 0.438. The maximum Gasteiger partial charge on any atom is 0.307 e. The smallest absolute Gasteiger partial charge is 0.307 e. The molecule has 1 aliphatic rings. The summed E-state index contributed by atoms with van der Waals surface area (Å²) in [5, 5.41) is 10.2. The van der Waals surface area contributed by atoms with Crippen molar-refractivity contribution in [1.29, 1.82) is 0 Å². The van der Waals surface area contributed by atoms with Crippen molar-refractivity contribution in [3.05, 3.63) is 36.0 Å². The van der Waals surface area contributed by atoms with Gasteiger partial charge < -0.3 is 14.4 Å². The molecule has 106 valence electrons. The van der Waals surface area contributed by atoms with Crippen LogP contribution in [0.15, 0.2) is 30.5 Å². The highest BCUT2D eigenvalue weighted by Crippen LogP contribution is 2.24. The first kappa shape index (κ1) is 13.2. The van der Waals surface area contributed by atoms with Crippen LogP contribution in [0.3, 0.4) is 0 Å². The second kappa shape index (κ2) is 5.67. The van der Waals surface area contributed by atoms with Gasteiger partial charge in [0.1, 0.15) is 0 Å². The number of aliphatic carboxylic acids is 1. The second-order valence-electron chi connectivity index (χ2n) is 5.45. The van der Waals surface area contributed by atoms with E-state index >= 15 is 0 Å². The van der Waals surface area contributed by atoms with Crippen molar-refractivity contribution in [3.8, 4) is 0 Å². The van der Waals surface area contributed by atoms with Gasteiger partial charge in [0.2, 0.25) is 0 Å². The van der Waals surface area contributed by atoms with E-state index in [9.17, 15) is 4.79 Å². The first-order valence-electron chi connectivity index (χ1n) is 7.10. The predicted octanol–water partition coefficient (Wildman–Crippen LogP) is 2.70. The molecule has 4 heteroatoms. The molecular formula is C16H19NO3. The minimum Gasteiger partial charge on any atom is -0.481 e. The van der Waals surface area contributed by atoms with Gasteiger partial charge in [-0.1, -0.05) is 18.2 Å². The van der Waals surface area contributed by atoms with Gasteiger partial charge in [-0.25, -0.2) is 0 Å². The van der Waals surface area contributed by atoms with Crippen LogP contribution in [-0.4, -0.2) is 28.9 Å². The van der Waals surface area contributed by atoms with Crippen molar-refractivity contribution in [2.45, 2.75) is 25.8 Å². The lowest BCUT2D eigenvalue weighted by Gasteiger charge is -2.23. The van der Waals surface area contributed by atoms with E-state index in [4.69, 9.17) is 9.84 Å². The van der Waals surface area contributed by atoms with Crippen LogP contribution in [0.4, 0.5) is 0 Å². The molecule has 0 unspecified atom stereocenters. The highest BCUT2D eigenvalue weighted by Gasteiger charge is 2.16. The Bertz CT molecular complexity index is 611. The number of rotatable bonds is 4. The molecule has 1 aromatic heterocycles. The molecule has 1 fully saturated rings. The maximum absolute atomic E-state index is 11.0. The van der Waals surface area contributed by atoms with Crippen molar-refractivity contribution in [3.63, 3.8) is 0 Å². The molecule has 0 aliphatic carbocycles. The third-order valence-electron chi connectivity index (χ3n) is 4.01. The molecule has 1 aromatic carbocycles. The summed E-state index contributed by atoms with van der Waals surface area (Å²) in [6.45, 7) is 2.63. The van der Waals surface area contributed by atoms with E-state index < -0.39 is 5.97 Å². The lowest BCUT2D eigenvalue weighted by atomic mass is 10.00. The fourth-order valence-electron chi connectivity index (χ4n) is 3.01. The van der Waals surface area contributed by atoms with E-state index in [2.05, 4.69) is 16.8 Å². The lowest BCUT2D eigenvalue weighted by Crippen LogP contribution is -2.20. The Morgan fingerprint density at radius 3 is 2.85 bits per heavy atom. The van der Waals surface area contributed by atoms with Crippen molar-refractivity contribution < 1.29 is 14.6 Å². The highest BCUT2D eigenvalue weighted by atomic mass is 16.5. The molecule has 2 aromatic rings. The Kier molecular flexibility index (Phi) is 3.74. The van der Waals surface area contributed by atoms with Crippen LogP contribution in [0.2, 0.25) is 0 Å². The van der Waals surface area contributed by atoms with E-state index in [0.717, 1.165) is 49.1 Å². The van der Waals surface area contributed by atoms with Gasteiger partial charge in [0.15, 0.2) is 0 Å². The molecular weight excluding hydrogens is 254 g/mol. The number of carbonyl (C=O) groups is 1. The number of aromatic nitrogens is 1. The summed E-state index contributed by atoms with van der Waals surface area (Å²) in [6.07, 6.45) is 4.32. The molecule has 0 spiro atoms. The van der Waals surface area contributed by atoms with Gasteiger partial charge in [-0.2, -0.15) is 0 Å². The number of hydrogen-bond acceptors (Lipinski definition) is 2. The number of carboxylic acid groups (broad SMARTS) is 1. The summed E-state index contributed by atoms with van der Waals surface area (Å²) in [5.41, 5.74) is 1.97. The lowest BCUT2D eigenvalue weighted by molar-refractivity contribution is -0.136. The maximum atomic E-state index is 11.0. The normalized spacial score (nSPS) is 16.6. The molecule has 1 N–H and O–H groups in total. The first-order chi connectivity index (χ1) is 9.74. The van der Waals surface area contributed by atoms with Crippen molar-refractivity contribution in [2.24, 2.45) is 5.92 Å². The number of carboxylic acids is 1. The number of nitrogens with zero attached hydrogens (tertiary/aromatic N) is 1. The average Bonchev–Trinajstić information content (AvgIpc) is 2.84. The predicted molar refractivity (Wildman–Crippen MR) is 76.8 cm³/mol. The van der Waals surface area contributed by atoms with Crippen LogP contribution in [0.5, 0.6) is 0 Å². The van der Waals surface area contributed by atoms with E-state index in [-0.39, 0.29) is 6.42 Å². The molecule has 0 radical (unpaired) electrons. The summed E-state index contributed by atoms with van der Waals surface area (Å²) in [6, 6.07) is 7.96. The molecule has 20 heavy (non-hydrogen) atoms. The van der Waals surface area contributed by atoms with E-state index in [1.165, 1.54) is 0 Å². The van der Waals surface area contributed by atoms with Gasteiger partial charge in [-0.15, -0.1) is 0 Å². The third-order valence-corrected chi connectivity index (χ3v) is 4.01. The van der Waals surface area contributed by atoms with Gasteiger partial charge in [0, 0.05) is 26.0 Å². The van der Waals surface area contributed by atoms with Crippen LogP contribution in [0, 0.1) is 5.92 Å². The summed E-state index contributed by atoms with van der Waals surface area (Å²) in [5.74, 6) is -0.159. The molecule has 2 heterocycles. The van der Waals surface area contributed by atoms with Gasteiger partial charge in [0.05, 0.1) is 11.9 Å². The summed E-state index contributed by atoms with van der Waals surface area (Å²) in [7, 11) is 0. The topological polar surface area (TPSA) is 51.5 Å². The first-order valence-corrected chi connectivity index (χ1v) is 7.10. The minimum atomic E-state index is -0.781. The minimum absolute atomic E-state index is 0.0785. The van der Waals surface area contributed by atoms with E-state index in [1.54, 1.807) is 0 Å². The molecule has 0 saturated carbocycles. The van der Waals surface area contributed by atoms with Gasteiger partial charge in [0.25, 0.3) is 0 Å². The Labute approximate surface area is 118 Å². The standard InChI is InChI=1S/C16H19NO3/c18-15(19)10-14-3-1-2-13-4-7-17(16(13)14)11-12-5-8-20-9-6-12/h1-4,7,12H,5-6,8-11H2,(H,18,19). The van der Waals surface area contributed by atoms with Crippen LogP contribution in [0.1, 0.15) is 18.4 Å². The van der Waals surface area contributed by atoms with Gasteiger partial charge in [-0.3, -0.25) is 4.79 Å². The summed E-state index contributed by atoms with van der Waals surface area (Å²) in [4.78, 5) is 11.0. The molecule has 0 atom stereocenters. The third kappa shape index (κ3) is 2.70. The van der Waals surface area contributed by atoms with Crippen LogP contribution < -0.4 is 0 Å². The molecule has 1 saturated heterocycles. The van der Waals surface area contributed by atoms with Crippen molar-refractivity contribution in [1.82, 2.24) is 4.57 Å². The number of hydrogen-bond donors (Lipinski definition) is 1. The number of ether oxygens (including phenoxy) is 1. The van der Waals surface area contributed by atoms with Gasteiger partial charge in [-0.05, 0) is 35.8 Å². The molecule has 1 aliphatic heterocycles. The fourth-order valence-corrected chi connectivity index (χ4v) is 3.01. The van der Waals surface area contributed by atoms with Crippen LogP contribution in [-0.2, 0) is 22.5 Å². The SMILES string of the molecule is O=C(O)Cc1cccc2ccn(CC3CCOCC3)c12. The highest BCUT2D eigenvalue weighted by molar-refractivity contribution is 5.86. The second-order valence-corrected chi connectivity index (χ2v) is 5.45. The average molecular weight is 273 g/mol. The zero-order valence-corrected chi connectivity index (χ0v) is 11.4. The Balaban J connectivity index is 1.91. The van der Waals surface area contributed by atoms with E-state index in [0.29, 0.717) is 5.92 Å². The zero-order chi connectivity index (χ0) is 13.9. The van der Waals surface area contributed by atoms with Crippen LogP contribution in [0.25, 0.3) is 10.9 Å². The van der Waals surface area contributed by atoms with Gasteiger partial charge >= 0.3 is 5.97 Å². The Morgan fingerprint density at radius 1 is 1.30 bits per heavy atom. The molecule has 0 bridgehead atoms. The number of para-hydroxylation sites is 1. The summed E-state index contributed by atoms with van der Waals surface area (Å²) >= 11 is 0. The zero-order valence-electron chi connectivity index (χ0n) is 11.4. The summed E-state index contributed by atoms with van der Waals surface area (Å²) < 4.78 is 7.61. The van der Waals surface area contributed by atoms with Crippen molar-refractivity contribution >= 4 is 16.9 Å². The molecule has 0 amide bonds.